The Morgan fingerprint density at radius 2 is 1.89 bits per heavy atom. The third-order valence-corrected chi connectivity index (χ3v) is 8.84. The molecule has 36 heavy (non-hydrogen) atoms. The molecule has 0 saturated heterocycles. The van der Waals surface area contributed by atoms with E-state index in [1.165, 1.54) is 11.3 Å². The van der Waals surface area contributed by atoms with E-state index in [9.17, 15) is 14.7 Å². The number of ether oxygens (including phenoxy) is 1. The van der Waals surface area contributed by atoms with Gasteiger partial charge >= 0.3 is 5.97 Å². The molecule has 188 valence electrons. The van der Waals surface area contributed by atoms with Gasteiger partial charge in [0.2, 0.25) is 5.91 Å². The highest BCUT2D eigenvalue weighted by Crippen LogP contribution is 2.39. The van der Waals surface area contributed by atoms with E-state index in [2.05, 4.69) is 11.9 Å². The predicted molar refractivity (Wildman–Crippen MR) is 144 cm³/mol. The predicted octanol–water partition coefficient (Wildman–Crippen LogP) is 6.30. The first-order valence-electron chi connectivity index (χ1n) is 12.1. The number of carbonyl (C=O) groups excluding carboxylic acids is 1. The summed E-state index contributed by atoms with van der Waals surface area (Å²) in [5.41, 5.74) is 3.25. The number of nitrogens with zero attached hydrogens (tertiary/aromatic N) is 3. The van der Waals surface area contributed by atoms with E-state index < -0.39 is 5.97 Å². The average molecular weight is 524 g/mol. The summed E-state index contributed by atoms with van der Waals surface area (Å²) in [5, 5.41) is 12.0. The summed E-state index contributed by atoms with van der Waals surface area (Å²) in [6.45, 7) is 2.89. The molecule has 1 aromatic carbocycles. The fraction of sp³-hybridized carbons (Fsp3) is 0.370. The van der Waals surface area contributed by atoms with Gasteiger partial charge in [0.1, 0.15) is 4.88 Å². The van der Waals surface area contributed by atoms with Gasteiger partial charge in [0.15, 0.2) is 4.96 Å². The quantitative estimate of drug-likeness (QED) is 0.293. The normalized spacial score (nSPS) is 17.9. The van der Waals surface area contributed by atoms with Gasteiger partial charge in [-0.3, -0.25) is 9.20 Å². The Morgan fingerprint density at radius 1 is 1.17 bits per heavy atom. The Balaban J connectivity index is 1.45. The number of thiophene rings is 1. The number of methoxy groups -OCH3 is 1. The number of carbonyl (C=O) groups is 2. The van der Waals surface area contributed by atoms with Crippen LogP contribution in [-0.4, -0.2) is 46.6 Å². The molecule has 0 unspecified atom stereocenters. The van der Waals surface area contributed by atoms with E-state index in [-0.39, 0.29) is 16.7 Å². The fourth-order valence-electron chi connectivity index (χ4n) is 4.81. The van der Waals surface area contributed by atoms with Crippen molar-refractivity contribution in [2.24, 2.45) is 11.8 Å². The Morgan fingerprint density at radius 3 is 2.56 bits per heavy atom. The lowest BCUT2D eigenvalue weighted by Crippen LogP contribution is -2.40. The number of hydrogen-bond donors (Lipinski definition) is 1. The van der Waals surface area contributed by atoms with Gasteiger partial charge in [-0.05, 0) is 43.2 Å². The molecule has 9 heteroatoms. The molecule has 3 aromatic heterocycles. The second-order valence-corrected chi connectivity index (χ2v) is 11.3. The van der Waals surface area contributed by atoms with Gasteiger partial charge in [-0.2, -0.15) is 0 Å². The molecular formula is C27H29N3O4S2. The standard InChI is InChI=1S/C27H29N3O4S2/c1-17-3-5-20(6-4-17)25(31)30(11-13-34-2)22-15-23(36-24(22)26(32)33)19-9-7-18(8-10-19)21-16-29-12-14-35-27(29)28-21/h7-10,12,14-17,20H,3-6,11,13H2,1-2H3,(H,32,33)/t17-,20-. The molecule has 0 spiro atoms. The van der Waals surface area contributed by atoms with Gasteiger partial charge in [-0.15, -0.1) is 22.7 Å². The van der Waals surface area contributed by atoms with Crippen molar-refractivity contribution < 1.29 is 19.4 Å². The van der Waals surface area contributed by atoms with Crippen molar-refractivity contribution in [3.8, 4) is 21.7 Å². The largest absolute Gasteiger partial charge is 0.477 e. The summed E-state index contributed by atoms with van der Waals surface area (Å²) in [6.07, 6.45) is 7.71. The minimum Gasteiger partial charge on any atom is -0.477 e. The summed E-state index contributed by atoms with van der Waals surface area (Å²) >= 11 is 2.79. The first-order valence-corrected chi connectivity index (χ1v) is 13.8. The number of fused-ring (bicyclic) bond motifs is 1. The molecule has 4 aromatic rings. The maximum atomic E-state index is 13.6. The number of imidazole rings is 1. The zero-order chi connectivity index (χ0) is 25.2. The molecule has 1 fully saturated rings. The summed E-state index contributed by atoms with van der Waals surface area (Å²) in [5.74, 6) is -0.471. The number of carboxylic acid groups (broad SMARTS) is 1. The van der Waals surface area contributed by atoms with E-state index >= 15 is 0 Å². The number of benzene rings is 1. The molecule has 0 bridgehead atoms. The van der Waals surface area contributed by atoms with Crippen molar-refractivity contribution in [2.45, 2.75) is 32.6 Å². The van der Waals surface area contributed by atoms with Crippen LogP contribution in [0.3, 0.4) is 0 Å². The number of aromatic carboxylic acids is 1. The molecule has 1 aliphatic carbocycles. The van der Waals surface area contributed by atoms with E-state index in [1.54, 1.807) is 23.3 Å². The van der Waals surface area contributed by atoms with Crippen molar-refractivity contribution in [3.05, 3.63) is 53.0 Å². The molecule has 0 aliphatic heterocycles. The second-order valence-electron chi connectivity index (χ2n) is 9.37. The summed E-state index contributed by atoms with van der Waals surface area (Å²) in [7, 11) is 1.59. The van der Waals surface area contributed by atoms with Gasteiger partial charge in [-0.1, -0.05) is 31.2 Å². The zero-order valence-corrected chi connectivity index (χ0v) is 22.0. The zero-order valence-electron chi connectivity index (χ0n) is 20.3. The number of anilines is 1. The van der Waals surface area contributed by atoms with Crippen LogP contribution in [0.1, 0.15) is 42.3 Å². The number of thiazole rings is 1. The average Bonchev–Trinajstić information content (AvgIpc) is 3.60. The lowest BCUT2D eigenvalue weighted by atomic mass is 9.82. The first-order chi connectivity index (χ1) is 17.4. The summed E-state index contributed by atoms with van der Waals surface area (Å²) in [6, 6.07) is 9.80. The Labute approximate surface area is 218 Å². The topological polar surface area (TPSA) is 84.1 Å². The molecule has 1 N–H and O–H groups in total. The lowest BCUT2D eigenvalue weighted by Gasteiger charge is -2.31. The van der Waals surface area contributed by atoms with Crippen LogP contribution in [0.2, 0.25) is 0 Å². The van der Waals surface area contributed by atoms with E-state index in [4.69, 9.17) is 4.74 Å². The molecule has 0 atom stereocenters. The Kier molecular flexibility index (Phi) is 7.22. The van der Waals surface area contributed by atoms with E-state index in [0.717, 1.165) is 52.3 Å². The van der Waals surface area contributed by atoms with Crippen molar-refractivity contribution in [2.75, 3.05) is 25.2 Å². The monoisotopic (exact) mass is 523 g/mol. The van der Waals surface area contributed by atoms with Gasteiger partial charge in [0.25, 0.3) is 0 Å². The number of amides is 1. The third-order valence-electron chi connectivity index (χ3n) is 6.91. The summed E-state index contributed by atoms with van der Waals surface area (Å²) < 4.78 is 7.26. The van der Waals surface area contributed by atoms with Crippen LogP contribution < -0.4 is 4.90 Å². The number of rotatable bonds is 8. The number of carboxylic acids is 1. The van der Waals surface area contributed by atoms with Gasteiger partial charge in [-0.25, -0.2) is 9.78 Å². The third kappa shape index (κ3) is 4.96. The maximum absolute atomic E-state index is 13.6. The molecule has 1 amide bonds. The van der Waals surface area contributed by atoms with Crippen LogP contribution in [0, 0.1) is 11.8 Å². The molecule has 3 heterocycles. The first kappa shape index (κ1) is 24.7. The van der Waals surface area contributed by atoms with Crippen LogP contribution in [0.15, 0.2) is 48.1 Å². The Bertz CT molecular complexity index is 1330. The highest BCUT2D eigenvalue weighted by atomic mass is 32.1. The highest BCUT2D eigenvalue weighted by Gasteiger charge is 2.32. The fourth-order valence-corrected chi connectivity index (χ4v) is 6.51. The second kappa shape index (κ2) is 10.5. The van der Waals surface area contributed by atoms with Crippen molar-refractivity contribution >= 4 is 45.2 Å². The molecule has 0 radical (unpaired) electrons. The SMILES string of the molecule is COCCN(c1cc(-c2ccc(-c3cn4ccsc4n3)cc2)sc1C(=O)O)C(=O)[C@H]1CC[C@H](C)CC1. The smallest absolute Gasteiger partial charge is 0.348 e. The minimum atomic E-state index is -1.02. The molecule has 7 nitrogen and oxygen atoms in total. The number of aromatic nitrogens is 2. The van der Waals surface area contributed by atoms with Crippen molar-refractivity contribution in [1.29, 1.82) is 0 Å². The number of hydrogen-bond acceptors (Lipinski definition) is 6. The van der Waals surface area contributed by atoms with Crippen molar-refractivity contribution in [1.82, 2.24) is 9.38 Å². The van der Waals surface area contributed by atoms with Crippen LogP contribution >= 0.6 is 22.7 Å². The molecular weight excluding hydrogens is 494 g/mol. The Hall–Kier alpha value is -3.01. The van der Waals surface area contributed by atoms with E-state index in [0.29, 0.717) is 24.8 Å². The van der Waals surface area contributed by atoms with Crippen LogP contribution in [0.4, 0.5) is 5.69 Å². The van der Waals surface area contributed by atoms with Crippen LogP contribution in [0.25, 0.3) is 26.7 Å². The van der Waals surface area contributed by atoms with Crippen LogP contribution in [-0.2, 0) is 9.53 Å². The molecule has 1 saturated carbocycles. The molecule has 1 aliphatic rings. The summed E-state index contributed by atoms with van der Waals surface area (Å²) in [4.78, 5) is 34.0. The lowest BCUT2D eigenvalue weighted by molar-refractivity contribution is -0.123. The maximum Gasteiger partial charge on any atom is 0.348 e. The van der Waals surface area contributed by atoms with Crippen molar-refractivity contribution in [3.63, 3.8) is 0 Å². The van der Waals surface area contributed by atoms with Gasteiger partial charge < -0.3 is 14.7 Å². The minimum absolute atomic E-state index is 0.000832. The van der Waals surface area contributed by atoms with Gasteiger partial charge in [0.05, 0.1) is 18.0 Å². The highest BCUT2D eigenvalue weighted by molar-refractivity contribution is 7.18. The molecule has 5 rings (SSSR count). The van der Waals surface area contributed by atoms with Gasteiger partial charge in [0, 0.05) is 47.8 Å². The van der Waals surface area contributed by atoms with E-state index in [1.807, 2.05) is 52.5 Å². The van der Waals surface area contributed by atoms with Crippen LogP contribution in [0.5, 0.6) is 0 Å².